The van der Waals surface area contributed by atoms with Crippen molar-refractivity contribution in [1.29, 1.82) is 0 Å². The molecule has 0 aliphatic rings. The molecule has 6 nitrogen and oxygen atoms in total. The van der Waals surface area contributed by atoms with E-state index in [0.717, 1.165) is 11.3 Å². The first-order valence-electron chi connectivity index (χ1n) is 5.59. The molecule has 6 heteroatoms. The number of fused-ring (bicyclic) bond motifs is 1. The molecule has 0 atom stereocenters. The Morgan fingerprint density at radius 2 is 2.00 bits per heavy atom. The fourth-order valence-corrected chi connectivity index (χ4v) is 1.78. The summed E-state index contributed by atoms with van der Waals surface area (Å²) in [5, 5.41) is 11.3. The zero-order valence-electron chi connectivity index (χ0n) is 10.1. The number of benzene rings is 1. The van der Waals surface area contributed by atoms with Crippen molar-refractivity contribution >= 4 is 22.7 Å². The normalized spacial score (nSPS) is 10.8. The van der Waals surface area contributed by atoms with Gasteiger partial charge in [-0.15, -0.1) is 5.10 Å². The molecule has 1 aromatic carbocycles. The summed E-state index contributed by atoms with van der Waals surface area (Å²) in [6, 6.07) is 8.01. The standard InChI is InChI=1S/C12H12N6/c1-8-5-3-4-6-9(8)15-11-10-12(14-7-13-11)18(2)17-16-10/h3-7H,1-2H3,(H,13,14,15). The number of rotatable bonds is 2. The maximum absolute atomic E-state index is 4.22. The summed E-state index contributed by atoms with van der Waals surface area (Å²) in [5.41, 5.74) is 3.53. The molecule has 2 heterocycles. The number of anilines is 2. The van der Waals surface area contributed by atoms with Gasteiger partial charge in [0.15, 0.2) is 17.0 Å². The van der Waals surface area contributed by atoms with Crippen LogP contribution >= 0.6 is 0 Å². The molecule has 0 bridgehead atoms. The van der Waals surface area contributed by atoms with Crippen molar-refractivity contribution in [3.8, 4) is 0 Å². The average Bonchev–Trinajstić information content (AvgIpc) is 2.76. The molecule has 0 saturated heterocycles. The van der Waals surface area contributed by atoms with Gasteiger partial charge in [0.1, 0.15) is 6.33 Å². The zero-order valence-corrected chi connectivity index (χ0v) is 10.1. The van der Waals surface area contributed by atoms with Gasteiger partial charge in [-0.25, -0.2) is 14.6 Å². The van der Waals surface area contributed by atoms with Gasteiger partial charge < -0.3 is 5.32 Å². The Kier molecular flexibility index (Phi) is 2.40. The van der Waals surface area contributed by atoms with Crippen LogP contribution in [0.1, 0.15) is 5.56 Å². The topological polar surface area (TPSA) is 68.5 Å². The van der Waals surface area contributed by atoms with Gasteiger partial charge >= 0.3 is 0 Å². The predicted molar refractivity (Wildman–Crippen MR) is 68.6 cm³/mol. The molecule has 2 aromatic heterocycles. The maximum Gasteiger partial charge on any atom is 0.183 e. The molecule has 1 N–H and O–H groups in total. The van der Waals surface area contributed by atoms with E-state index in [4.69, 9.17) is 0 Å². The lowest BCUT2D eigenvalue weighted by Crippen LogP contribution is -1.98. The van der Waals surface area contributed by atoms with Crippen LogP contribution in [0, 0.1) is 6.92 Å². The number of hydrogen-bond acceptors (Lipinski definition) is 5. The second-order valence-electron chi connectivity index (χ2n) is 4.05. The summed E-state index contributed by atoms with van der Waals surface area (Å²) in [7, 11) is 1.81. The third-order valence-corrected chi connectivity index (χ3v) is 2.79. The molecule has 0 saturated carbocycles. The van der Waals surface area contributed by atoms with E-state index in [2.05, 4.69) is 25.6 Å². The van der Waals surface area contributed by atoms with E-state index < -0.39 is 0 Å². The van der Waals surface area contributed by atoms with Crippen LogP contribution < -0.4 is 5.32 Å². The fourth-order valence-electron chi connectivity index (χ4n) is 1.78. The van der Waals surface area contributed by atoms with Gasteiger partial charge in [0.25, 0.3) is 0 Å². The molecular formula is C12H12N6. The Bertz CT molecular complexity index is 703. The third-order valence-electron chi connectivity index (χ3n) is 2.79. The second kappa shape index (κ2) is 4.06. The maximum atomic E-state index is 4.22. The van der Waals surface area contributed by atoms with E-state index in [9.17, 15) is 0 Å². The summed E-state index contributed by atoms with van der Waals surface area (Å²) in [6.45, 7) is 2.04. The summed E-state index contributed by atoms with van der Waals surface area (Å²) >= 11 is 0. The molecular weight excluding hydrogens is 228 g/mol. The van der Waals surface area contributed by atoms with Crippen LogP contribution in [0.4, 0.5) is 11.5 Å². The molecule has 0 aliphatic heterocycles. The van der Waals surface area contributed by atoms with Crippen molar-refractivity contribution in [3.63, 3.8) is 0 Å². The first kappa shape index (κ1) is 10.6. The van der Waals surface area contributed by atoms with Crippen LogP contribution in [-0.2, 0) is 7.05 Å². The molecule has 3 rings (SSSR count). The van der Waals surface area contributed by atoms with Crippen LogP contribution in [0.15, 0.2) is 30.6 Å². The Morgan fingerprint density at radius 1 is 1.17 bits per heavy atom. The lowest BCUT2D eigenvalue weighted by Gasteiger charge is -2.07. The minimum atomic E-state index is 0.669. The van der Waals surface area contributed by atoms with Crippen LogP contribution in [0.25, 0.3) is 11.2 Å². The van der Waals surface area contributed by atoms with Crippen molar-refractivity contribution in [2.45, 2.75) is 6.92 Å². The van der Waals surface area contributed by atoms with Crippen molar-refractivity contribution in [2.75, 3.05) is 5.32 Å². The molecule has 90 valence electrons. The van der Waals surface area contributed by atoms with Crippen molar-refractivity contribution < 1.29 is 0 Å². The van der Waals surface area contributed by atoms with E-state index >= 15 is 0 Å². The molecule has 0 aliphatic carbocycles. The third kappa shape index (κ3) is 1.67. The largest absolute Gasteiger partial charge is 0.338 e. The first-order chi connectivity index (χ1) is 8.75. The summed E-state index contributed by atoms with van der Waals surface area (Å²) in [4.78, 5) is 8.37. The summed E-state index contributed by atoms with van der Waals surface area (Å²) in [6.07, 6.45) is 1.51. The van der Waals surface area contributed by atoms with Crippen molar-refractivity contribution in [2.24, 2.45) is 7.05 Å². The van der Waals surface area contributed by atoms with E-state index in [1.165, 1.54) is 6.33 Å². The Labute approximate surface area is 104 Å². The molecule has 0 unspecified atom stereocenters. The van der Waals surface area contributed by atoms with E-state index in [0.29, 0.717) is 17.0 Å². The fraction of sp³-hybridized carbons (Fsp3) is 0.167. The monoisotopic (exact) mass is 240 g/mol. The first-order valence-corrected chi connectivity index (χ1v) is 5.59. The highest BCUT2D eigenvalue weighted by molar-refractivity contribution is 5.84. The van der Waals surface area contributed by atoms with Gasteiger partial charge in [-0.05, 0) is 18.6 Å². The van der Waals surface area contributed by atoms with Crippen molar-refractivity contribution in [1.82, 2.24) is 25.0 Å². The van der Waals surface area contributed by atoms with Gasteiger partial charge in [-0.1, -0.05) is 23.4 Å². The van der Waals surface area contributed by atoms with Crippen LogP contribution in [0.2, 0.25) is 0 Å². The lowest BCUT2D eigenvalue weighted by molar-refractivity contribution is 0.729. The molecule has 0 fully saturated rings. The second-order valence-corrected chi connectivity index (χ2v) is 4.05. The number of hydrogen-bond donors (Lipinski definition) is 1. The molecule has 0 amide bonds. The van der Waals surface area contributed by atoms with Crippen LogP contribution in [0.3, 0.4) is 0 Å². The number of para-hydroxylation sites is 1. The summed E-state index contributed by atoms with van der Waals surface area (Å²) < 4.78 is 1.63. The molecule has 3 aromatic rings. The zero-order chi connectivity index (χ0) is 12.5. The SMILES string of the molecule is Cc1ccccc1Nc1ncnc2c1nnn2C. The number of nitrogens with zero attached hydrogens (tertiary/aromatic N) is 5. The summed E-state index contributed by atoms with van der Waals surface area (Å²) in [5.74, 6) is 0.669. The van der Waals surface area contributed by atoms with Crippen LogP contribution in [-0.4, -0.2) is 25.0 Å². The molecule has 18 heavy (non-hydrogen) atoms. The Morgan fingerprint density at radius 3 is 2.83 bits per heavy atom. The van der Waals surface area contributed by atoms with Gasteiger partial charge in [0.2, 0.25) is 0 Å². The average molecular weight is 240 g/mol. The minimum absolute atomic E-state index is 0.669. The molecule has 0 spiro atoms. The highest BCUT2D eigenvalue weighted by Gasteiger charge is 2.10. The number of nitrogens with one attached hydrogen (secondary N) is 1. The molecule has 0 radical (unpaired) electrons. The van der Waals surface area contributed by atoms with Gasteiger partial charge in [-0.3, -0.25) is 0 Å². The lowest BCUT2D eigenvalue weighted by atomic mass is 10.2. The Balaban J connectivity index is 2.08. The Hall–Kier alpha value is -2.50. The van der Waals surface area contributed by atoms with Crippen molar-refractivity contribution in [3.05, 3.63) is 36.2 Å². The quantitative estimate of drug-likeness (QED) is 0.739. The number of aromatic nitrogens is 5. The smallest absolute Gasteiger partial charge is 0.183 e. The van der Waals surface area contributed by atoms with Crippen LogP contribution in [0.5, 0.6) is 0 Å². The van der Waals surface area contributed by atoms with Gasteiger partial charge in [0.05, 0.1) is 0 Å². The van der Waals surface area contributed by atoms with E-state index in [-0.39, 0.29) is 0 Å². The number of aryl methyl sites for hydroxylation is 2. The van der Waals surface area contributed by atoms with E-state index in [1.807, 2.05) is 31.2 Å². The highest BCUT2D eigenvalue weighted by atomic mass is 15.4. The van der Waals surface area contributed by atoms with Gasteiger partial charge in [-0.2, -0.15) is 0 Å². The van der Waals surface area contributed by atoms with E-state index in [1.54, 1.807) is 11.7 Å². The highest BCUT2D eigenvalue weighted by Crippen LogP contribution is 2.22. The predicted octanol–water partition coefficient (Wildman–Crippen LogP) is 1.81. The minimum Gasteiger partial charge on any atom is -0.338 e. The van der Waals surface area contributed by atoms with Gasteiger partial charge in [0, 0.05) is 12.7 Å².